The molecule has 6 nitrogen and oxygen atoms in total. The molecule has 162 valence electrons. The minimum Gasteiger partial charge on any atom is -0.454 e. The van der Waals surface area contributed by atoms with Crippen LogP contribution in [-0.4, -0.2) is 36.5 Å². The molecule has 0 saturated heterocycles. The fourth-order valence-corrected chi connectivity index (χ4v) is 4.57. The summed E-state index contributed by atoms with van der Waals surface area (Å²) in [4.78, 5) is 19.6. The van der Waals surface area contributed by atoms with Gasteiger partial charge in [-0.2, -0.15) is 0 Å². The number of nitrogens with zero attached hydrogens (tertiary/aromatic N) is 2. The van der Waals surface area contributed by atoms with Crippen LogP contribution in [0.25, 0.3) is 10.9 Å². The van der Waals surface area contributed by atoms with Crippen molar-refractivity contribution in [3.8, 4) is 11.5 Å². The molecule has 0 spiro atoms. The predicted molar refractivity (Wildman–Crippen MR) is 127 cm³/mol. The van der Waals surface area contributed by atoms with Crippen molar-refractivity contribution in [2.45, 2.75) is 32.7 Å². The maximum atomic E-state index is 12.5. The summed E-state index contributed by atoms with van der Waals surface area (Å²) in [5, 5.41) is 4.84. The van der Waals surface area contributed by atoms with Crippen LogP contribution >= 0.6 is 11.8 Å². The number of thioether (sulfide) groups is 1. The van der Waals surface area contributed by atoms with Gasteiger partial charge in [0, 0.05) is 35.9 Å². The molecule has 0 aliphatic carbocycles. The number of amides is 1. The highest BCUT2D eigenvalue weighted by atomic mass is 32.2. The Morgan fingerprint density at radius 1 is 1.06 bits per heavy atom. The molecule has 1 aliphatic rings. The van der Waals surface area contributed by atoms with Crippen LogP contribution in [0.4, 0.5) is 11.4 Å². The Hall–Kier alpha value is -2.93. The zero-order valence-corrected chi connectivity index (χ0v) is 19.1. The molecular weight excluding hydrogens is 410 g/mol. The Labute approximate surface area is 186 Å². The summed E-state index contributed by atoms with van der Waals surface area (Å²) in [5.74, 6) is 1.70. The molecule has 0 bridgehead atoms. The Balaban J connectivity index is 1.43. The van der Waals surface area contributed by atoms with Gasteiger partial charge in [-0.3, -0.25) is 4.79 Å². The minimum atomic E-state index is -0.0491. The smallest absolute Gasteiger partial charge is 0.234 e. The van der Waals surface area contributed by atoms with Crippen LogP contribution in [0.2, 0.25) is 0 Å². The summed E-state index contributed by atoms with van der Waals surface area (Å²) in [6.45, 7) is 10.5. The molecule has 0 fully saturated rings. The number of benzene rings is 2. The summed E-state index contributed by atoms with van der Waals surface area (Å²) < 4.78 is 10.9. The third-order valence-corrected chi connectivity index (χ3v) is 6.47. The zero-order valence-electron chi connectivity index (χ0n) is 18.3. The van der Waals surface area contributed by atoms with Gasteiger partial charge in [0.25, 0.3) is 0 Å². The van der Waals surface area contributed by atoms with Crippen LogP contribution in [0.1, 0.15) is 25.0 Å². The molecule has 1 N–H and O–H groups in total. The van der Waals surface area contributed by atoms with Crippen LogP contribution < -0.4 is 19.7 Å². The minimum absolute atomic E-state index is 0.0491. The number of carbonyl (C=O) groups excluding carboxylic acids is 1. The summed E-state index contributed by atoms with van der Waals surface area (Å²) in [6, 6.07) is 12.0. The number of rotatable bonds is 7. The van der Waals surface area contributed by atoms with Gasteiger partial charge in [0.2, 0.25) is 12.7 Å². The molecule has 2 aromatic carbocycles. The molecule has 0 radical (unpaired) electrons. The topological polar surface area (TPSA) is 63.7 Å². The van der Waals surface area contributed by atoms with Gasteiger partial charge in [-0.15, -0.1) is 0 Å². The first kappa shape index (κ1) is 21.3. The summed E-state index contributed by atoms with van der Waals surface area (Å²) >= 11 is 1.44. The Bertz CT molecular complexity index is 1130. The highest BCUT2D eigenvalue weighted by Crippen LogP contribution is 2.37. The average molecular weight is 438 g/mol. The average Bonchev–Trinajstić information content (AvgIpc) is 3.20. The van der Waals surface area contributed by atoms with Crippen molar-refractivity contribution in [1.29, 1.82) is 0 Å². The molecule has 31 heavy (non-hydrogen) atoms. The maximum absolute atomic E-state index is 12.5. The number of aromatic nitrogens is 1. The number of hydrogen-bond acceptors (Lipinski definition) is 6. The lowest BCUT2D eigenvalue weighted by Crippen LogP contribution is -2.22. The second kappa shape index (κ2) is 9.06. The van der Waals surface area contributed by atoms with Gasteiger partial charge in [0.1, 0.15) is 5.03 Å². The van der Waals surface area contributed by atoms with E-state index in [9.17, 15) is 4.79 Å². The zero-order chi connectivity index (χ0) is 22.0. The number of ether oxygens (including phenoxy) is 2. The maximum Gasteiger partial charge on any atom is 0.234 e. The van der Waals surface area contributed by atoms with Crippen LogP contribution in [0.15, 0.2) is 41.4 Å². The lowest BCUT2D eigenvalue weighted by Gasteiger charge is -2.23. The van der Waals surface area contributed by atoms with Crippen molar-refractivity contribution < 1.29 is 14.3 Å². The SMILES string of the molecule is CCN(CC)c1ccc(NC(=O)CSc2nc3cc4c(cc3cc2C)OCO4)cc1C. The Morgan fingerprint density at radius 3 is 2.52 bits per heavy atom. The van der Waals surface area contributed by atoms with E-state index in [1.165, 1.54) is 17.4 Å². The number of carbonyl (C=O) groups is 1. The van der Waals surface area contributed by atoms with Crippen LogP contribution in [0.5, 0.6) is 11.5 Å². The number of nitrogens with one attached hydrogen (secondary N) is 1. The summed E-state index contributed by atoms with van der Waals surface area (Å²) in [6.07, 6.45) is 0. The number of hydrogen-bond donors (Lipinski definition) is 1. The van der Waals surface area contributed by atoms with Gasteiger partial charge < -0.3 is 19.7 Å². The van der Waals surface area contributed by atoms with Gasteiger partial charge in [-0.05, 0) is 69.2 Å². The standard InChI is InChI=1S/C24H27N3O3S/c1-5-27(6-2)20-8-7-18(10-15(20)3)25-23(28)13-31-24-16(4)9-17-11-21-22(30-14-29-21)12-19(17)26-24/h7-12H,5-6,13-14H2,1-4H3,(H,25,28). The monoisotopic (exact) mass is 437 g/mol. The van der Waals surface area contributed by atoms with Crippen molar-refractivity contribution in [2.24, 2.45) is 0 Å². The quantitative estimate of drug-likeness (QED) is 0.515. The van der Waals surface area contributed by atoms with Crippen molar-refractivity contribution in [3.63, 3.8) is 0 Å². The van der Waals surface area contributed by atoms with E-state index >= 15 is 0 Å². The van der Waals surface area contributed by atoms with Gasteiger partial charge in [0.05, 0.1) is 11.3 Å². The Kier molecular flexibility index (Phi) is 6.23. The highest BCUT2D eigenvalue weighted by molar-refractivity contribution is 8.00. The molecule has 1 aromatic heterocycles. The normalized spacial score (nSPS) is 12.3. The Morgan fingerprint density at radius 2 is 1.81 bits per heavy atom. The van der Waals surface area contributed by atoms with Gasteiger partial charge in [-0.1, -0.05) is 11.8 Å². The van der Waals surface area contributed by atoms with E-state index in [0.29, 0.717) is 11.5 Å². The van der Waals surface area contributed by atoms with Crippen molar-refractivity contribution in [1.82, 2.24) is 4.98 Å². The molecule has 2 heterocycles. The van der Waals surface area contributed by atoms with Crippen LogP contribution in [0.3, 0.4) is 0 Å². The third-order valence-electron chi connectivity index (χ3n) is 5.38. The fourth-order valence-electron chi connectivity index (χ4n) is 3.78. The van der Waals surface area contributed by atoms with Crippen LogP contribution in [-0.2, 0) is 4.79 Å². The molecule has 0 atom stereocenters. The molecule has 3 aromatic rings. The lowest BCUT2D eigenvalue weighted by atomic mass is 10.1. The largest absolute Gasteiger partial charge is 0.454 e. The second-order valence-electron chi connectivity index (χ2n) is 7.52. The van der Waals surface area contributed by atoms with Crippen molar-refractivity contribution in [2.75, 3.05) is 35.9 Å². The van der Waals surface area contributed by atoms with E-state index in [1.807, 2.05) is 31.2 Å². The first-order chi connectivity index (χ1) is 15.0. The molecule has 7 heteroatoms. The highest BCUT2D eigenvalue weighted by Gasteiger charge is 2.16. The fraction of sp³-hybridized carbons (Fsp3) is 0.333. The second-order valence-corrected chi connectivity index (χ2v) is 8.48. The van der Waals surface area contributed by atoms with Crippen molar-refractivity contribution >= 4 is 39.9 Å². The molecule has 1 amide bonds. The van der Waals surface area contributed by atoms with E-state index < -0.39 is 0 Å². The molecule has 4 rings (SSSR count). The van der Waals surface area contributed by atoms with E-state index in [2.05, 4.69) is 43.1 Å². The van der Waals surface area contributed by atoms with E-state index in [-0.39, 0.29) is 12.7 Å². The first-order valence-corrected chi connectivity index (χ1v) is 11.5. The van der Waals surface area contributed by atoms with Gasteiger partial charge in [-0.25, -0.2) is 4.98 Å². The summed E-state index contributed by atoms with van der Waals surface area (Å²) in [5.41, 5.74) is 5.04. The number of fused-ring (bicyclic) bond motifs is 2. The van der Waals surface area contributed by atoms with Crippen molar-refractivity contribution in [3.05, 3.63) is 47.5 Å². The number of anilines is 2. The lowest BCUT2D eigenvalue weighted by molar-refractivity contribution is -0.113. The molecular formula is C24H27N3O3S. The molecule has 0 unspecified atom stereocenters. The molecule has 1 aliphatic heterocycles. The predicted octanol–water partition coefficient (Wildman–Crippen LogP) is 5.16. The van der Waals surface area contributed by atoms with E-state index in [4.69, 9.17) is 14.5 Å². The van der Waals surface area contributed by atoms with Gasteiger partial charge in [0.15, 0.2) is 11.5 Å². The third kappa shape index (κ3) is 4.56. The summed E-state index contributed by atoms with van der Waals surface area (Å²) in [7, 11) is 0. The van der Waals surface area contributed by atoms with E-state index in [0.717, 1.165) is 51.6 Å². The van der Waals surface area contributed by atoms with Gasteiger partial charge >= 0.3 is 0 Å². The first-order valence-electron chi connectivity index (χ1n) is 10.5. The number of aryl methyl sites for hydroxylation is 2. The number of pyridine rings is 1. The molecule has 0 saturated carbocycles. The van der Waals surface area contributed by atoms with Crippen LogP contribution in [0, 0.1) is 13.8 Å². The van der Waals surface area contributed by atoms with E-state index in [1.54, 1.807) is 0 Å².